The molecule has 6 nitrogen and oxygen atoms in total. The lowest BCUT2D eigenvalue weighted by Gasteiger charge is -2.23. The van der Waals surface area contributed by atoms with Gasteiger partial charge in [0.25, 0.3) is 10.0 Å². The molecule has 0 aliphatic carbocycles. The molecule has 3 rings (SSSR count). The van der Waals surface area contributed by atoms with Gasteiger partial charge in [0.05, 0.1) is 16.5 Å². The van der Waals surface area contributed by atoms with Crippen LogP contribution >= 0.6 is 12.2 Å². The lowest BCUT2D eigenvalue weighted by molar-refractivity contribution is -0.120. The van der Waals surface area contributed by atoms with E-state index in [1.54, 1.807) is 43.3 Å². The zero-order valence-corrected chi connectivity index (χ0v) is 22.7. The number of carbonyl (C=O) groups excluding carboxylic acids is 1. The van der Waals surface area contributed by atoms with Crippen molar-refractivity contribution in [2.24, 2.45) is 5.92 Å². The molecular weight excluding hydrogens is 490 g/mol. The number of nitrogens with one attached hydrogen (secondary N) is 2. The normalized spacial score (nSPS) is 12.1. The van der Waals surface area contributed by atoms with Crippen molar-refractivity contribution in [1.82, 2.24) is 5.32 Å². The zero-order chi connectivity index (χ0) is 26.3. The molecule has 0 saturated carbocycles. The second kappa shape index (κ2) is 12.1. The maximum Gasteiger partial charge on any atom is 0.264 e. The van der Waals surface area contributed by atoms with Crippen molar-refractivity contribution in [3.63, 3.8) is 0 Å². The van der Waals surface area contributed by atoms with Gasteiger partial charge in [0, 0.05) is 12.2 Å². The van der Waals surface area contributed by atoms with Gasteiger partial charge in [-0.15, -0.1) is 0 Å². The number of para-hydroxylation sites is 1. The molecule has 3 aromatic rings. The summed E-state index contributed by atoms with van der Waals surface area (Å²) in [6.45, 7) is 8.29. The molecule has 0 saturated heterocycles. The zero-order valence-electron chi connectivity index (χ0n) is 21.1. The van der Waals surface area contributed by atoms with Crippen molar-refractivity contribution in [3.8, 4) is 0 Å². The molecule has 190 valence electrons. The topological polar surface area (TPSA) is 78.5 Å². The summed E-state index contributed by atoms with van der Waals surface area (Å²) in [4.78, 5) is 12.9. The molecule has 0 radical (unpaired) electrons. The third-order valence-corrected chi connectivity index (χ3v) is 7.91. The monoisotopic (exact) mass is 523 g/mol. The Balaban J connectivity index is 1.61. The summed E-state index contributed by atoms with van der Waals surface area (Å²) in [6, 6.07) is 23.3. The van der Waals surface area contributed by atoms with Crippen LogP contribution < -0.4 is 14.9 Å². The smallest absolute Gasteiger partial charge is 0.264 e. The summed E-state index contributed by atoms with van der Waals surface area (Å²) < 4.78 is 27.7. The van der Waals surface area contributed by atoms with E-state index in [0.29, 0.717) is 23.8 Å². The molecule has 1 amide bonds. The predicted octanol–water partition coefficient (Wildman–Crippen LogP) is 5.72. The fourth-order valence-electron chi connectivity index (χ4n) is 3.87. The Kier molecular flexibility index (Phi) is 9.23. The van der Waals surface area contributed by atoms with Gasteiger partial charge >= 0.3 is 0 Å². The molecule has 36 heavy (non-hydrogen) atoms. The van der Waals surface area contributed by atoms with Gasteiger partial charge in [-0.1, -0.05) is 56.3 Å². The number of sulfonamides is 1. The Morgan fingerprint density at radius 3 is 2.08 bits per heavy atom. The maximum absolute atomic E-state index is 13.1. The standard InChI is InChI=1S/C28H33N3O3S2/c1-5-31(25-9-7-6-8-10-25)36(33,34)26-17-15-24(16-18-26)29-28(35)30-27(32)21(4)23-13-11-22(12-14-23)19-20(2)3/h6-18,20-21H,5,19H2,1-4H3,(H2,29,30,32,35). The third-order valence-electron chi connectivity index (χ3n) is 5.79. The highest BCUT2D eigenvalue weighted by Crippen LogP contribution is 2.24. The number of carbonyl (C=O) groups is 1. The first-order valence-corrected chi connectivity index (χ1v) is 13.8. The van der Waals surface area contributed by atoms with Crippen LogP contribution in [0.25, 0.3) is 0 Å². The lowest BCUT2D eigenvalue weighted by Crippen LogP contribution is -2.36. The quantitative estimate of drug-likeness (QED) is 0.351. The maximum atomic E-state index is 13.1. The lowest BCUT2D eigenvalue weighted by atomic mass is 9.96. The van der Waals surface area contributed by atoms with E-state index in [1.165, 1.54) is 22.0 Å². The van der Waals surface area contributed by atoms with Crippen LogP contribution in [0.2, 0.25) is 0 Å². The first-order valence-electron chi connectivity index (χ1n) is 12.0. The van der Waals surface area contributed by atoms with Gasteiger partial charge in [-0.25, -0.2) is 8.42 Å². The molecule has 0 bridgehead atoms. The largest absolute Gasteiger partial charge is 0.332 e. The van der Waals surface area contributed by atoms with Gasteiger partial charge in [-0.2, -0.15) is 0 Å². The average Bonchev–Trinajstić information content (AvgIpc) is 2.85. The van der Waals surface area contributed by atoms with Crippen molar-refractivity contribution in [3.05, 3.63) is 90.0 Å². The predicted molar refractivity (Wildman–Crippen MR) is 151 cm³/mol. The molecule has 0 heterocycles. The molecule has 0 spiro atoms. The molecule has 1 unspecified atom stereocenters. The Morgan fingerprint density at radius 1 is 0.917 bits per heavy atom. The average molecular weight is 524 g/mol. The van der Waals surface area contributed by atoms with Crippen molar-refractivity contribution in [2.75, 3.05) is 16.2 Å². The molecule has 2 N–H and O–H groups in total. The molecule has 0 aliphatic heterocycles. The fraction of sp³-hybridized carbons (Fsp3) is 0.286. The van der Waals surface area contributed by atoms with Gasteiger partial charge in [0.15, 0.2) is 5.11 Å². The van der Waals surface area contributed by atoms with E-state index in [9.17, 15) is 13.2 Å². The Morgan fingerprint density at radius 2 is 1.53 bits per heavy atom. The third kappa shape index (κ3) is 6.92. The van der Waals surface area contributed by atoms with Crippen molar-refractivity contribution in [2.45, 2.75) is 44.9 Å². The van der Waals surface area contributed by atoms with Crippen LogP contribution in [0.4, 0.5) is 11.4 Å². The summed E-state index contributed by atoms with van der Waals surface area (Å²) in [6.07, 6.45) is 0.998. The number of benzene rings is 3. The van der Waals surface area contributed by atoms with Crippen molar-refractivity contribution < 1.29 is 13.2 Å². The van der Waals surface area contributed by atoms with E-state index in [2.05, 4.69) is 36.6 Å². The first-order chi connectivity index (χ1) is 17.1. The van der Waals surface area contributed by atoms with Crippen LogP contribution in [-0.2, 0) is 21.2 Å². The van der Waals surface area contributed by atoms with E-state index in [-0.39, 0.29) is 21.8 Å². The SMILES string of the molecule is CCN(c1ccccc1)S(=O)(=O)c1ccc(NC(=S)NC(=O)C(C)c2ccc(CC(C)C)cc2)cc1. The summed E-state index contributed by atoms with van der Waals surface area (Å²) in [7, 11) is -3.72. The molecule has 0 fully saturated rings. The summed E-state index contributed by atoms with van der Waals surface area (Å²) in [5.74, 6) is -0.0169. The number of amides is 1. The molecule has 8 heteroatoms. The Labute approximate surface area is 219 Å². The van der Waals surface area contributed by atoms with Gasteiger partial charge in [0.2, 0.25) is 5.91 Å². The van der Waals surface area contributed by atoms with Crippen LogP contribution in [-0.4, -0.2) is 26.0 Å². The number of hydrogen-bond acceptors (Lipinski definition) is 4. The minimum Gasteiger partial charge on any atom is -0.332 e. The number of anilines is 2. The highest BCUT2D eigenvalue weighted by molar-refractivity contribution is 7.92. The van der Waals surface area contributed by atoms with E-state index in [1.807, 2.05) is 25.1 Å². The van der Waals surface area contributed by atoms with Crippen LogP contribution in [0.5, 0.6) is 0 Å². The fourth-order valence-corrected chi connectivity index (χ4v) is 5.56. The molecule has 1 atom stereocenters. The van der Waals surface area contributed by atoms with Gasteiger partial charge in [-0.3, -0.25) is 9.10 Å². The van der Waals surface area contributed by atoms with Crippen LogP contribution in [0, 0.1) is 5.92 Å². The summed E-state index contributed by atoms with van der Waals surface area (Å²) >= 11 is 5.31. The van der Waals surface area contributed by atoms with Gasteiger partial charge in [0.1, 0.15) is 0 Å². The second-order valence-corrected chi connectivity index (χ2v) is 11.3. The second-order valence-electron chi connectivity index (χ2n) is 9.03. The van der Waals surface area contributed by atoms with Gasteiger partial charge < -0.3 is 10.6 Å². The van der Waals surface area contributed by atoms with Crippen LogP contribution in [0.3, 0.4) is 0 Å². The molecule has 0 aromatic heterocycles. The van der Waals surface area contributed by atoms with Crippen LogP contribution in [0.1, 0.15) is 44.7 Å². The van der Waals surface area contributed by atoms with E-state index >= 15 is 0 Å². The molecule has 3 aromatic carbocycles. The Bertz CT molecular complexity index is 1270. The minimum absolute atomic E-state index is 0.151. The van der Waals surface area contributed by atoms with Crippen molar-refractivity contribution >= 4 is 44.6 Å². The number of thiocarbonyl (C=S) groups is 1. The van der Waals surface area contributed by atoms with Gasteiger partial charge in [-0.05, 0) is 85.9 Å². The summed E-state index contributed by atoms with van der Waals surface area (Å²) in [5.41, 5.74) is 3.34. The first kappa shape index (κ1) is 27.4. The molecular formula is C28H33N3O3S2. The van der Waals surface area contributed by atoms with E-state index in [0.717, 1.165) is 12.0 Å². The number of nitrogens with zero attached hydrogens (tertiary/aromatic N) is 1. The summed E-state index contributed by atoms with van der Waals surface area (Å²) in [5, 5.41) is 5.83. The minimum atomic E-state index is -3.72. The van der Waals surface area contributed by atoms with E-state index in [4.69, 9.17) is 12.2 Å². The Hall–Kier alpha value is -3.23. The van der Waals surface area contributed by atoms with E-state index < -0.39 is 10.0 Å². The highest BCUT2D eigenvalue weighted by Gasteiger charge is 2.23. The number of hydrogen-bond donors (Lipinski definition) is 2. The molecule has 0 aliphatic rings. The van der Waals surface area contributed by atoms with Crippen molar-refractivity contribution in [1.29, 1.82) is 0 Å². The van der Waals surface area contributed by atoms with Crippen LogP contribution in [0.15, 0.2) is 83.8 Å². The number of rotatable bonds is 9. The highest BCUT2D eigenvalue weighted by atomic mass is 32.2.